The van der Waals surface area contributed by atoms with Crippen LogP contribution in [0.2, 0.25) is 0 Å². The Labute approximate surface area is 86.3 Å². The Bertz CT molecular complexity index is 299. The van der Waals surface area contributed by atoms with Crippen LogP contribution in [0.3, 0.4) is 0 Å². The predicted octanol–water partition coefficient (Wildman–Crippen LogP) is 1.65. The van der Waals surface area contributed by atoms with Crippen molar-refractivity contribution in [1.82, 2.24) is 9.78 Å². The summed E-state index contributed by atoms with van der Waals surface area (Å²) in [5.74, 6) is 0. The first-order valence-corrected chi connectivity index (χ1v) is 5.14. The number of aryl methyl sites for hydroxylation is 2. The summed E-state index contributed by atoms with van der Waals surface area (Å²) in [6.45, 7) is 7.29. The van der Waals surface area contributed by atoms with Crippen molar-refractivity contribution in [3.8, 4) is 0 Å². The highest BCUT2D eigenvalue weighted by molar-refractivity contribution is 5.10. The molecule has 3 nitrogen and oxygen atoms in total. The summed E-state index contributed by atoms with van der Waals surface area (Å²) in [5, 5.41) is 4.34. The van der Waals surface area contributed by atoms with Crippen LogP contribution < -0.4 is 5.73 Å². The molecule has 0 aliphatic heterocycles. The van der Waals surface area contributed by atoms with E-state index >= 15 is 0 Å². The van der Waals surface area contributed by atoms with Crippen LogP contribution in [0, 0.1) is 12.3 Å². The fourth-order valence-corrected chi connectivity index (χ4v) is 1.80. The maximum absolute atomic E-state index is 5.59. The molecule has 0 fully saturated rings. The van der Waals surface area contributed by atoms with Gasteiger partial charge in [-0.25, -0.2) is 0 Å². The number of hydrogen-bond acceptors (Lipinski definition) is 2. The molecule has 1 aromatic heterocycles. The molecule has 0 bridgehead atoms. The fourth-order valence-electron chi connectivity index (χ4n) is 1.80. The summed E-state index contributed by atoms with van der Waals surface area (Å²) in [5.41, 5.74) is 8.24. The number of hydrogen-bond donors (Lipinski definition) is 1. The van der Waals surface area contributed by atoms with Gasteiger partial charge < -0.3 is 5.73 Å². The largest absolute Gasteiger partial charge is 0.330 e. The summed E-state index contributed by atoms with van der Waals surface area (Å²) < 4.78 is 1.97. The Morgan fingerprint density at radius 2 is 2.14 bits per heavy atom. The van der Waals surface area contributed by atoms with Gasteiger partial charge in [0.15, 0.2) is 0 Å². The van der Waals surface area contributed by atoms with Crippen molar-refractivity contribution in [2.75, 3.05) is 6.54 Å². The van der Waals surface area contributed by atoms with Crippen molar-refractivity contribution in [3.63, 3.8) is 0 Å². The van der Waals surface area contributed by atoms with Gasteiger partial charge in [0, 0.05) is 12.7 Å². The van der Waals surface area contributed by atoms with E-state index in [2.05, 4.69) is 25.0 Å². The molecule has 0 aromatic carbocycles. The van der Waals surface area contributed by atoms with Crippen LogP contribution in [0.25, 0.3) is 0 Å². The zero-order valence-corrected chi connectivity index (χ0v) is 9.67. The molecule has 0 aliphatic carbocycles. The van der Waals surface area contributed by atoms with Crippen LogP contribution in [0.1, 0.15) is 31.7 Å². The lowest BCUT2D eigenvalue weighted by Gasteiger charge is -2.23. The van der Waals surface area contributed by atoms with Gasteiger partial charge in [-0.1, -0.05) is 13.8 Å². The molecule has 0 radical (unpaired) electrons. The number of rotatable bonds is 4. The molecule has 0 saturated carbocycles. The van der Waals surface area contributed by atoms with Gasteiger partial charge in [-0.3, -0.25) is 4.68 Å². The molecule has 1 heterocycles. The van der Waals surface area contributed by atoms with Crippen molar-refractivity contribution in [3.05, 3.63) is 17.5 Å². The van der Waals surface area contributed by atoms with Crippen molar-refractivity contribution in [2.24, 2.45) is 18.2 Å². The summed E-state index contributed by atoms with van der Waals surface area (Å²) in [6.07, 6.45) is 2.10. The van der Waals surface area contributed by atoms with E-state index in [0.717, 1.165) is 25.1 Å². The second-order valence-electron chi connectivity index (χ2n) is 4.78. The van der Waals surface area contributed by atoms with Crippen molar-refractivity contribution in [2.45, 2.75) is 33.6 Å². The van der Waals surface area contributed by atoms with Crippen LogP contribution in [0.5, 0.6) is 0 Å². The minimum Gasteiger partial charge on any atom is -0.330 e. The summed E-state index contributed by atoms with van der Waals surface area (Å²) >= 11 is 0. The van der Waals surface area contributed by atoms with Crippen LogP contribution in [0.15, 0.2) is 6.07 Å². The molecule has 1 aromatic rings. The number of nitrogens with zero attached hydrogens (tertiary/aromatic N) is 2. The highest BCUT2D eigenvalue weighted by atomic mass is 15.3. The van der Waals surface area contributed by atoms with Gasteiger partial charge in [0.05, 0.1) is 5.69 Å². The Hall–Kier alpha value is -0.830. The smallest absolute Gasteiger partial charge is 0.0596 e. The highest BCUT2D eigenvalue weighted by Gasteiger charge is 2.19. The van der Waals surface area contributed by atoms with Crippen LogP contribution in [-0.2, 0) is 13.5 Å². The maximum atomic E-state index is 5.59. The van der Waals surface area contributed by atoms with Crippen LogP contribution in [-0.4, -0.2) is 16.3 Å². The van der Waals surface area contributed by atoms with E-state index in [0.29, 0.717) is 0 Å². The summed E-state index contributed by atoms with van der Waals surface area (Å²) in [4.78, 5) is 0. The van der Waals surface area contributed by atoms with Gasteiger partial charge in [-0.2, -0.15) is 5.10 Å². The fraction of sp³-hybridized carbons (Fsp3) is 0.727. The molecule has 3 heteroatoms. The van der Waals surface area contributed by atoms with Crippen LogP contribution >= 0.6 is 0 Å². The Morgan fingerprint density at radius 1 is 1.50 bits per heavy atom. The van der Waals surface area contributed by atoms with Gasteiger partial charge in [0.2, 0.25) is 0 Å². The average molecular weight is 195 g/mol. The Morgan fingerprint density at radius 3 is 2.57 bits per heavy atom. The maximum Gasteiger partial charge on any atom is 0.0596 e. The Balaban J connectivity index is 2.72. The average Bonchev–Trinajstić information content (AvgIpc) is 2.28. The van der Waals surface area contributed by atoms with Crippen molar-refractivity contribution >= 4 is 0 Å². The third kappa shape index (κ3) is 2.84. The molecule has 0 spiro atoms. The molecular formula is C11H21N3. The first-order valence-electron chi connectivity index (χ1n) is 5.14. The predicted molar refractivity (Wildman–Crippen MR) is 59.1 cm³/mol. The van der Waals surface area contributed by atoms with E-state index in [9.17, 15) is 0 Å². The SMILES string of the molecule is Cc1cc(CC(C)(C)CCN)n(C)n1. The third-order valence-electron chi connectivity index (χ3n) is 2.58. The van der Waals surface area contributed by atoms with Crippen molar-refractivity contribution < 1.29 is 0 Å². The molecule has 1 rings (SSSR count). The van der Waals surface area contributed by atoms with Gasteiger partial charge in [0.25, 0.3) is 0 Å². The van der Waals surface area contributed by atoms with Crippen LogP contribution in [0.4, 0.5) is 0 Å². The summed E-state index contributed by atoms with van der Waals surface area (Å²) in [6, 6.07) is 2.15. The topological polar surface area (TPSA) is 43.8 Å². The zero-order chi connectivity index (χ0) is 10.8. The lowest BCUT2D eigenvalue weighted by Crippen LogP contribution is -2.21. The van der Waals surface area contributed by atoms with Gasteiger partial charge in [-0.05, 0) is 37.8 Å². The molecular weight excluding hydrogens is 174 g/mol. The molecule has 0 amide bonds. The van der Waals surface area contributed by atoms with Gasteiger partial charge in [-0.15, -0.1) is 0 Å². The standard InChI is InChI=1S/C11H21N3/c1-9-7-10(14(4)13-9)8-11(2,3)5-6-12/h7H,5-6,8,12H2,1-4H3. The van der Waals surface area contributed by atoms with E-state index in [1.165, 1.54) is 5.69 Å². The summed E-state index contributed by atoms with van der Waals surface area (Å²) in [7, 11) is 2.00. The number of nitrogens with two attached hydrogens (primary N) is 1. The molecule has 80 valence electrons. The van der Waals surface area contributed by atoms with E-state index in [-0.39, 0.29) is 5.41 Å². The van der Waals surface area contributed by atoms with Crippen molar-refractivity contribution in [1.29, 1.82) is 0 Å². The molecule has 0 aliphatic rings. The molecule has 0 unspecified atom stereocenters. The lowest BCUT2D eigenvalue weighted by atomic mass is 9.84. The first kappa shape index (κ1) is 11.2. The minimum atomic E-state index is 0.273. The van der Waals surface area contributed by atoms with Gasteiger partial charge >= 0.3 is 0 Å². The monoisotopic (exact) mass is 195 g/mol. The van der Waals surface area contributed by atoms with E-state index in [1.54, 1.807) is 0 Å². The molecule has 0 atom stereocenters. The highest BCUT2D eigenvalue weighted by Crippen LogP contribution is 2.25. The second-order valence-corrected chi connectivity index (χ2v) is 4.78. The minimum absolute atomic E-state index is 0.273. The normalized spacial score (nSPS) is 12.1. The van der Waals surface area contributed by atoms with Gasteiger partial charge in [0.1, 0.15) is 0 Å². The van der Waals surface area contributed by atoms with E-state index < -0.39 is 0 Å². The van der Waals surface area contributed by atoms with E-state index in [4.69, 9.17) is 5.73 Å². The first-order chi connectivity index (χ1) is 6.44. The number of aromatic nitrogens is 2. The Kier molecular flexibility index (Phi) is 3.32. The third-order valence-corrected chi connectivity index (χ3v) is 2.58. The van der Waals surface area contributed by atoms with E-state index in [1.807, 2.05) is 18.7 Å². The lowest BCUT2D eigenvalue weighted by molar-refractivity contribution is 0.330. The molecule has 0 saturated heterocycles. The molecule has 2 N–H and O–H groups in total. The quantitative estimate of drug-likeness (QED) is 0.794. The molecule has 14 heavy (non-hydrogen) atoms. The zero-order valence-electron chi connectivity index (χ0n) is 9.67. The second kappa shape index (κ2) is 4.13.